The predicted octanol–water partition coefficient (Wildman–Crippen LogP) is 9.25. The summed E-state index contributed by atoms with van der Waals surface area (Å²) in [6.45, 7) is 4.68. The van der Waals surface area contributed by atoms with E-state index in [0.29, 0.717) is 0 Å². The maximum Gasteiger partial charge on any atom is 0.303 e. The normalized spacial score (nSPS) is 12.9. The van der Waals surface area contributed by atoms with Gasteiger partial charge in [0.1, 0.15) is 0 Å². The minimum atomic E-state index is -0.695. The number of unbranched alkanes of at least 4 members (excludes halogenated alkanes) is 13. The molecule has 0 bridgehead atoms. The molecule has 0 aliphatic heterocycles. The van der Waals surface area contributed by atoms with Crippen molar-refractivity contribution in [3.05, 3.63) is 24.3 Å². The van der Waals surface area contributed by atoms with Gasteiger partial charge >= 0.3 is 5.97 Å². The van der Waals surface area contributed by atoms with E-state index in [9.17, 15) is 4.79 Å². The number of hydrogen-bond donors (Lipinski definition) is 1. The fourth-order valence-corrected chi connectivity index (χ4v) is 3.59. The number of aliphatic carboxylic acids is 1. The Bertz CT molecular complexity index is 397. The number of hydrogen-bond acceptors (Lipinski definition) is 1. The van der Waals surface area contributed by atoms with Crippen molar-refractivity contribution in [3.8, 4) is 0 Å². The standard InChI is InChI=1S/C27H50O2/c1-3-26(2)24-22-20-18-16-14-12-10-8-6-4-5-7-9-11-13-15-17-19-21-23-25-27(28)29/h9,11,17,19,26H,3-8,10,12-16,18,20-25H2,1-2H3,(H,28,29). The van der Waals surface area contributed by atoms with Gasteiger partial charge in [0.25, 0.3) is 0 Å². The highest BCUT2D eigenvalue weighted by atomic mass is 16.4. The molecule has 2 heteroatoms. The lowest BCUT2D eigenvalue weighted by atomic mass is 9.99. The summed E-state index contributed by atoms with van der Waals surface area (Å²) in [6.07, 6.45) is 32.6. The van der Waals surface area contributed by atoms with Crippen LogP contribution in [0.25, 0.3) is 0 Å². The molecule has 170 valence electrons. The van der Waals surface area contributed by atoms with E-state index in [1.165, 1.54) is 89.9 Å². The quantitative estimate of drug-likeness (QED) is 0.144. The number of carboxylic acid groups (broad SMARTS) is 1. The maximum absolute atomic E-state index is 10.4. The molecule has 0 aromatic rings. The molecule has 0 heterocycles. The van der Waals surface area contributed by atoms with Crippen LogP contribution >= 0.6 is 0 Å². The molecule has 0 aromatic heterocycles. The second-order valence-corrected chi connectivity index (χ2v) is 8.79. The molecule has 1 unspecified atom stereocenters. The summed E-state index contributed by atoms with van der Waals surface area (Å²) in [6, 6.07) is 0. The van der Waals surface area contributed by atoms with E-state index >= 15 is 0 Å². The van der Waals surface area contributed by atoms with Crippen LogP contribution in [0.3, 0.4) is 0 Å². The first kappa shape index (κ1) is 27.9. The zero-order valence-electron chi connectivity index (χ0n) is 19.7. The monoisotopic (exact) mass is 406 g/mol. The fraction of sp³-hybridized carbons (Fsp3) is 0.815. The molecule has 0 spiro atoms. The summed E-state index contributed by atoms with van der Waals surface area (Å²) in [7, 11) is 0. The van der Waals surface area contributed by atoms with Crippen molar-refractivity contribution in [2.45, 2.75) is 136 Å². The average molecular weight is 407 g/mol. The van der Waals surface area contributed by atoms with E-state index in [2.05, 4.69) is 38.2 Å². The Balaban J connectivity index is 3.17. The predicted molar refractivity (Wildman–Crippen MR) is 128 cm³/mol. The minimum absolute atomic E-state index is 0.281. The number of allylic oxidation sites excluding steroid dienone is 4. The van der Waals surface area contributed by atoms with Gasteiger partial charge in [-0.05, 0) is 44.4 Å². The molecule has 29 heavy (non-hydrogen) atoms. The van der Waals surface area contributed by atoms with Crippen molar-refractivity contribution >= 4 is 5.97 Å². The highest BCUT2D eigenvalue weighted by Crippen LogP contribution is 2.15. The Labute approximate surface area is 182 Å². The highest BCUT2D eigenvalue weighted by Gasteiger charge is 1.98. The Hall–Kier alpha value is -1.05. The molecular formula is C27H50O2. The van der Waals surface area contributed by atoms with Gasteiger partial charge in [-0.2, -0.15) is 0 Å². The van der Waals surface area contributed by atoms with Gasteiger partial charge in [0.2, 0.25) is 0 Å². The molecule has 0 fully saturated rings. The van der Waals surface area contributed by atoms with E-state index in [-0.39, 0.29) is 6.42 Å². The lowest BCUT2D eigenvalue weighted by molar-refractivity contribution is -0.137. The summed E-state index contributed by atoms with van der Waals surface area (Å²) in [4.78, 5) is 10.4. The molecule has 0 amide bonds. The van der Waals surface area contributed by atoms with Crippen LogP contribution in [-0.2, 0) is 4.79 Å². The molecule has 0 aliphatic rings. The van der Waals surface area contributed by atoms with Gasteiger partial charge in [-0.3, -0.25) is 4.79 Å². The van der Waals surface area contributed by atoms with Crippen molar-refractivity contribution in [2.75, 3.05) is 0 Å². The van der Waals surface area contributed by atoms with Crippen LogP contribution < -0.4 is 0 Å². The van der Waals surface area contributed by atoms with Gasteiger partial charge in [-0.1, -0.05) is 115 Å². The summed E-state index contributed by atoms with van der Waals surface area (Å²) >= 11 is 0. The molecule has 0 aromatic carbocycles. The Kier molecular flexibility index (Phi) is 22.4. The maximum atomic E-state index is 10.4. The minimum Gasteiger partial charge on any atom is -0.481 e. The van der Waals surface area contributed by atoms with Crippen LogP contribution in [0.4, 0.5) is 0 Å². The summed E-state index contributed by atoms with van der Waals surface area (Å²) < 4.78 is 0. The molecule has 0 saturated heterocycles. The van der Waals surface area contributed by atoms with Crippen molar-refractivity contribution in [3.63, 3.8) is 0 Å². The van der Waals surface area contributed by atoms with Crippen LogP contribution in [0.2, 0.25) is 0 Å². The van der Waals surface area contributed by atoms with Crippen molar-refractivity contribution in [1.29, 1.82) is 0 Å². The molecule has 0 saturated carbocycles. The molecule has 0 radical (unpaired) electrons. The molecule has 1 N–H and O–H groups in total. The third-order valence-electron chi connectivity index (χ3n) is 5.86. The summed E-state index contributed by atoms with van der Waals surface area (Å²) in [5, 5.41) is 8.56. The molecule has 1 atom stereocenters. The topological polar surface area (TPSA) is 37.3 Å². The largest absolute Gasteiger partial charge is 0.481 e. The molecule has 2 nitrogen and oxygen atoms in total. The Morgan fingerprint density at radius 2 is 1.07 bits per heavy atom. The SMILES string of the molecule is CCC(C)CCCCCCCCCCCCCC=CCCC=CCCCC(=O)O. The first-order valence-corrected chi connectivity index (χ1v) is 12.7. The van der Waals surface area contributed by atoms with Gasteiger partial charge in [-0.25, -0.2) is 0 Å². The summed E-state index contributed by atoms with van der Waals surface area (Å²) in [5.41, 5.74) is 0. The molecule has 0 rings (SSSR count). The van der Waals surface area contributed by atoms with Crippen molar-refractivity contribution < 1.29 is 9.90 Å². The van der Waals surface area contributed by atoms with Crippen molar-refractivity contribution in [2.24, 2.45) is 5.92 Å². The fourth-order valence-electron chi connectivity index (χ4n) is 3.59. The first-order valence-electron chi connectivity index (χ1n) is 12.7. The Morgan fingerprint density at radius 3 is 1.55 bits per heavy atom. The third kappa shape index (κ3) is 24.9. The van der Waals surface area contributed by atoms with E-state index in [0.717, 1.165) is 31.6 Å². The van der Waals surface area contributed by atoms with Gasteiger partial charge in [0.15, 0.2) is 0 Å². The first-order chi connectivity index (χ1) is 14.2. The van der Waals surface area contributed by atoms with Crippen LogP contribution in [0.5, 0.6) is 0 Å². The number of rotatable bonds is 22. The van der Waals surface area contributed by atoms with Crippen LogP contribution in [0, 0.1) is 5.92 Å². The van der Waals surface area contributed by atoms with Crippen molar-refractivity contribution in [1.82, 2.24) is 0 Å². The third-order valence-corrected chi connectivity index (χ3v) is 5.86. The van der Waals surface area contributed by atoms with E-state index in [1.54, 1.807) is 0 Å². The van der Waals surface area contributed by atoms with Gasteiger partial charge in [-0.15, -0.1) is 0 Å². The van der Waals surface area contributed by atoms with Crippen LogP contribution in [-0.4, -0.2) is 11.1 Å². The van der Waals surface area contributed by atoms with Gasteiger partial charge in [0.05, 0.1) is 0 Å². The number of carboxylic acids is 1. The van der Waals surface area contributed by atoms with Crippen LogP contribution in [0.15, 0.2) is 24.3 Å². The van der Waals surface area contributed by atoms with Gasteiger partial charge < -0.3 is 5.11 Å². The Morgan fingerprint density at radius 1 is 0.655 bits per heavy atom. The molecular weight excluding hydrogens is 356 g/mol. The van der Waals surface area contributed by atoms with Crippen LogP contribution in [0.1, 0.15) is 136 Å². The van der Waals surface area contributed by atoms with E-state index < -0.39 is 5.97 Å². The smallest absolute Gasteiger partial charge is 0.303 e. The summed E-state index contributed by atoms with van der Waals surface area (Å²) in [5.74, 6) is 0.232. The average Bonchev–Trinajstić information content (AvgIpc) is 2.71. The van der Waals surface area contributed by atoms with Gasteiger partial charge in [0, 0.05) is 6.42 Å². The van der Waals surface area contributed by atoms with E-state index in [1.807, 2.05) is 0 Å². The zero-order chi connectivity index (χ0) is 21.4. The lowest BCUT2D eigenvalue weighted by Gasteiger charge is -2.07. The lowest BCUT2D eigenvalue weighted by Crippen LogP contribution is -1.92. The van der Waals surface area contributed by atoms with E-state index in [4.69, 9.17) is 5.11 Å². The number of carbonyl (C=O) groups is 1. The zero-order valence-corrected chi connectivity index (χ0v) is 19.7. The second-order valence-electron chi connectivity index (χ2n) is 8.79. The highest BCUT2D eigenvalue weighted by molar-refractivity contribution is 5.66. The second kappa shape index (κ2) is 23.2. The molecule has 0 aliphatic carbocycles.